The smallest absolute Gasteiger partial charge is 0.171 e. The fourth-order valence-corrected chi connectivity index (χ4v) is 2.31. The Balaban J connectivity index is 1.96. The predicted octanol–water partition coefficient (Wildman–Crippen LogP) is 2.38. The first-order valence-corrected chi connectivity index (χ1v) is 6.53. The van der Waals surface area contributed by atoms with Crippen molar-refractivity contribution in [3.8, 4) is 5.75 Å². The minimum atomic E-state index is -0.0236. The number of hydrogen-bond acceptors (Lipinski definition) is 4. The second-order valence-corrected chi connectivity index (χ2v) is 4.99. The molecule has 0 aliphatic carbocycles. The molecule has 0 amide bonds. The predicted molar refractivity (Wildman–Crippen MR) is 73.0 cm³/mol. The van der Waals surface area contributed by atoms with Crippen molar-refractivity contribution < 1.29 is 14.7 Å². The molecule has 1 aliphatic heterocycles. The lowest BCUT2D eigenvalue weighted by atomic mass is 10.2. The van der Waals surface area contributed by atoms with Crippen LogP contribution in [0.25, 0.3) is 0 Å². The van der Waals surface area contributed by atoms with Gasteiger partial charge in [-0.25, -0.2) is 0 Å². The SMILES string of the molecule is CC1CCC(COc2ccc(/C(N)=N/O)c(Cl)c2)O1. The molecule has 0 radical (unpaired) electrons. The summed E-state index contributed by atoms with van der Waals surface area (Å²) in [6.07, 6.45) is 2.52. The summed E-state index contributed by atoms with van der Waals surface area (Å²) in [6.45, 7) is 2.56. The highest BCUT2D eigenvalue weighted by Crippen LogP contribution is 2.24. The molecule has 6 heteroatoms. The number of benzene rings is 1. The maximum atomic E-state index is 8.61. The van der Waals surface area contributed by atoms with Gasteiger partial charge in [-0.05, 0) is 38.0 Å². The Labute approximate surface area is 116 Å². The van der Waals surface area contributed by atoms with E-state index in [0.29, 0.717) is 29.0 Å². The lowest BCUT2D eigenvalue weighted by Crippen LogP contribution is -2.18. The second-order valence-electron chi connectivity index (χ2n) is 4.58. The molecule has 1 aromatic carbocycles. The number of nitrogens with zero attached hydrogens (tertiary/aromatic N) is 1. The van der Waals surface area contributed by atoms with E-state index in [2.05, 4.69) is 12.1 Å². The van der Waals surface area contributed by atoms with Gasteiger partial charge in [-0.1, -0.05) is 16.8 Å². The molecule has 5 nitrogen and oxygen atoms in total. The van der Waals surface area contributed by atoms with Crippen LogP contribution in [0, 0.1) is 0 Å². The Hall–Kier alpha value is -1.46. The monoisotopic (exact) mass is 284 g/mol. The van der Waals surface area contributed by atoms with Gasteiger partial charge in [0, 0.05) is 5.56 Å². The van der Waals surface area contributed by atoms with Crippen LogP contribution in [0.15, 0.2) is 23.4 Å². The summed E-state index contributed by atoms with van der Waals surface area (Å²) in [5.41, 5.74) is 5.96. The molecule has 2 unspecified atom stereocenters. The van der Waals surface area contributed by atoms with E-state index in [9.17, 15) is 0 Å². The molecule has 0 spiro atoms. The molecule has 1 saturated heterocycles. The zero-order valence-corrected chi connectivity index (χ0v) is 11.4. The standard InChI is InChI=1S/C13H17ClN2O3/c1-8-2-3-10(19-8)7-18-9-4-5-11(12(14)6-9)13(15)16-17/h4-6,8,10,17H,2-3,7H2,1H3,(H2,15,16). The van der Waals surface area contributed by atoms with E-state index in [4.69, 9.17) is 32.0 Å². The van der Waals surface area contributed by atoms with Crippen LogP contribution in [0.3, 0.4) is 0 Å². The van der Waals surface area contributed by atoms with E-state index < -0.39 is 0 Å². The summed E-state index contributed by atoms with van der Waals surface area (Å²) in [5.74, 6) is 0.618. The molecule has 0 bridgehead atoms. The van der Waals surface area contributed by atoms with Gasteiger partial charge in [0.25, 0.3) is 0 Å². The maximum Gasteiger partial charge on any atom is 0.171 e. The Morgan fingerprint density at radius 3 is 2.95 bits per heavy atom. The van der Waals surface area contributed by atoms with Gasteiger partial charge >= 0.3 is 0 Å². The van der Waals surface area contributed by atoms with Gasteiger partial charge in [-0.3, -0.25) is 0 Å². The van der Waals surface area contributed by atoms with E-state index in [1.807, 2.05) is 0 Å². The van der Waals surface area contributed by atoms with E-state index in [0.717, 1.165) is 12.8 Å². The third kappa shape index (κ3) is 3.52. The summed E-state index contributed by atoms with van der Waals surface area (Å²) in [5, 5.41) is 11.9. The van der Waals surface area contributed by atoms with Crippen molar-refractivity contribution in [2.24, 2.45) is 10.9 Å². The first-order chi connectivity index (χ1) is 9.10. The fraction of sp³-hybridized carbons (Fsp3) is 0.462. The molecule has 2 rings (SSSR count). The molecule has 19 heavy (non-hydrogen) atoms. The second kappa shape index (κ2) is 6.12. The highest BCUT2D eigenvalue weighted by Gasteiger charge is 2.22. The zero-order valence-electron chi connectivity index (χ0n) is 10.7. The van der Waals surface area contributed by atoms with Crippen molar-refractivity contribution in [3.05, 3.63) is 28.8 Å². The van der Waals surface area contributed by atoms with Crippen LogP contribution in [0.5, 0.6) is 5.75 Å². The summed E-state index contributed by atoms with van der Waals surface area (Å²) in [6, 6.07) is 5.04. The third-order valence-electron chi connectivity index (χ3n) is 3.08. The van der Waals surface area contributed by atoms with Gasteiger partial charge in [0.05, 0.1) is 17.2 Å². The van der Waals surface area contributed by atoms with E-state index >= 15 is 0 Å². The number of oxime groups is 1. The Bertz CT molecular complexity index is 479. The molecular weight excluding hydrogens is 268 g/mol. The van der Waals surface area contributed by atoms with Crippen LogP contribution in [0.2, 0.25) is 5.02 Å². The molecule has 0 saturated carbocycles. The Kier molecular flexibility index (Phi) is 4.50. The number of rotatable bonds is 4. The first-order valence-electron chi connectivity index (χ1n) is 6.16. The van der Waals surface area contributed by atoms with Crippen LogP contribution in [0.4, 0.5) is 0 Å². The van der Waals surface area contributed by atoms with E-state index in [1.165, 1.54) is 0 Å². The highest BCUT2D eigenvalue weighted by atomic mass is 35.5. The molecule has 1 aliphatic rings. The molecule has 2 atom stereocenters. The van der Waals surface area contributed by atoms with Gasteiger partial charge in [0.1, 0.15) is 12.4 Å². The molecule has 1 fully saturated rings. The number of hydrogen-bond donors (Lipinski definition) is 2. The van der Waals surface area contributed by atoms with Crippen molar-refractivity contribution in [1.82, 2.24) is 0 Å². The Morgan fingerprint density at radius 2 is 2.37 bits per heavy atom. The number of ether oxygens (including phenoxy) is 2. The van der Waals surface area contributed by atoms with Crippen molar-refractivity contribution in [2.45, 2.75) is 32.0 Å². The minimum Gasteiger partial charge on any atom is -0.491 e. The quantitative estimate of drug-likeness (QED) is 0.385. The lowest BCUT2D eigenvalue weighted by molar-refractivity contribution is 0.0264. The van der Waals surface area contributed by atoms with Crippen molar-refractivity contribution in [2.75, 3.05) is 6.61 Å². The minimum absolute atomic E-state index is 0.0236. The molecule has 1 aromatic rings. The van der Waals surface area contributed by atoms with E-state index in [-0.39, 0.29) is 11.9 Å². The van der Waals surface area contributed by atoms with E-state index in [1.54, 1.807) is 18.2 Å². The molecule has 104 valence electrons. The molecule has 1 heterocycles. The normalized spacial score (nSPS) is 23.6. The maximum absolute atomic E-state index is 8.61. The van der Waals surface area contributed by atoms with Crippen LogP contribution in [-0.2, 0) is 4.74 Å². The summed E-state index contributed by atoms with van der Waals surface area (Å²) in [7, 11) is 0. The van der Waals surface area contributed by atoms with Crippen molar-refractivity contribution >= 4 is 17.4 Å². The topological polar surface area (TPSA) is 77.1 Å². The van der Waals surface area contributed by atoms with Crippen molar-refractivity contribution in [3.63, 3.8) is 0 Å². The van der Waals surface area contributed by atoms with Crippen LogP contribution in [-0.4, -0.2) is 29.9 Å². The average molecular weight is 285 g/mol. The summed E-state index contributed by atoms with van der Waals surface area (Å²) < 4.78 is 11.3. The molecular formula is C13H17ClN2O3. The Morgan fingerprint density at radius 1 is 1.58 bits per heavy atom. The fourth-order valence-electron chi connectivity index (χ4n) is 2.04. The lowest BCUT2D eigenvalue weighted by Gasteiger charge is -2.13. The number of nitrogens with two attached hydrogens (primary N) is 1. The molecule has 0 aromatic heterocycles. The average Bonchev–Trinajstić information content (AvgIpc) is 2.81. The summed E-state index contributed by atoms with van der Waals surface area (Å²) >= 11 is 6.04. The third-order valence-corrected chi connectivity index (χ3v) is 3.39. The van der Waals surface area contributed by atoms with Gasteiger partial charge in [0.15, 0.2) is 5.84 Å². The zero-order chi connectivity index (χ0) is 13.8. The van der Waals surface area contributed by atoms with Crippen LogP contribution >= 0.6 is 11.6 Å². The number of amidine groups is 1. The summed E-state index contributed by atoms with van der Waals surface area (Å²) in [4.78, 5) is 0. The van der Waals surface area contributed by atoms with Gasteiger partial charge < -0.3 is 20.4 Å². The largest absolute Gasteiger partial charge is 0.491 e. The number of halogens is 1. The highest BCUT2D eigenvalue weighted by molar-refractivity contribution is 6.34. The first kappa shape index (κ1) is 14.0. The van der Waals surface area contributed by atoms with Crippen molar-refractivity contribution in [1.29, 1.82) is 0 Å². The van der Waals surface area contributed by atoms with Crippen LogP contribution in [0.1, 0.15) is 25.3 Å². The van der Waals surface area contributed by atoms with Gasteiger partial charge in [-0.2, -0.15) is 0 Å². The van der Waals surface area contributed by atoms with Gasteiger partial charge in [0.2, 0.25) is 0 Å². The van der Waals surface area contributed by atoms with Crippen LogP contribution < -0.4 is 10.5 Å². The van der Waals surface area contributed by atoms with Gasteiger partial charge in [-0.15, -0.1) is 0 Å². The molecule has 3 N–H and O–H groups in total.